The van der Waals surface area contributed by atoms with Gasteiger partial charge in [-0.15, -0.1) is 5.92 Å². The molecule has 1 fully saturated rings. The summed E-state index contributed by atoms with van der Waals surface area (Å²) in [6, 6.07) is 17.4. The van der Waals surface area contributed by atoms with Crippen LogP contribution in [0.25, 0.3) is 10.9 Å². The molecule has 2 N–H and O–H groups in total. The quantitative estimate of drug-likeness (QED) is 0.533. The molecule has 2 aromatic carbocycles. The number of fused-ring (bicyclic) bond motifs is 1. The number of rotatable bonds is 7. The topological polar surface area (TPSA) is 82.5 Å². The van der Waals surface area contributed by atoms with Crippen LogP contribution in [0.5, 0.6) is 0 Å². The molecule has 6 heteroatoms. The molecule has 1 saturated heterocycles. The maximum absolute atomic E-state index is 12.9. The number of pyridine rings is 1. The van der Waals surface area contributed by atoms with E-state index in [0.29, 0.717) is 25.2 Å². The Hall–Kier alpha value is -3.69. The molecule has 0 unspecified atom stereocenters. The predicted molar refractivity (Wildman–Crippen MR) is 133 cm³/mol. The third-order valence-electron chi connectivity index (χ3n) is 6.34. The Morgan fingerprint density at radius 3 is 2.62 bits per heavy atom. The fourth-order valence-electron chi connectivity index (χ4n) is 4.48. The summed E-state index contributed by atoms with van der Waals surface area (Å²) in [4.78, 5) is 31.2. The van der Waals surface area contributed by atoms with E-state index in [4.69, 9.17) is 4.98 Å². The summed E-state index contributed by atoms with van der Waals surface area (Å²) < 4.78 is 0. The molecule has 0 spiro atoms. The van der Waals surface area contributed by atoms with Crippen LogP contribution in [0.3, 0.4) is 0 Å². The van der Waals surface area contributed by atoms with Crippen LogP contribution >= 0.6 is 0 Å². The molecule has 2 heterocycles. The van der Waals surface area contributed by atoms with Gasteiger partial charge < -0.3 is 10.4 Å². The lowest BCUT2D eigenvalue weighted by molar-refractivity contribution is -0.141. The van der Waals surface area contributed by atoms with Crippen LogP contribution in [-0.4, -0.2) is 52.5 Å². The van der Waals surface area contributed by atoms with E-state index >= 15 is 0 Å². The van der Waals surface area contributed by atoms with Gasteiger partial charge in [0.15, 0.2) is 0 Å². The van der Waals surface area contributed by atoms with Crippen molar-refractivity contribution >= 4 is 22.8 Å². The monoisotopic (exact) mass is 455 g/mol. The lowest BCUT2D eigenvalue weighted by Crippen LogP contribution is -2.43. The van der Waals surface area contributed by atoms with Crippen molar-refractivity contribution in [1.82, 2.24) is 15.2 Å². The number of aryl methyl sites for hydroxylation is 1. The summed E-state index contributed by atoms with van der Waals surface area (Å²) in [7, 11) is 0. The van der Waals surface area contributed by atoms with E-state index in [2.05, 4.69) is 36.2 Å². The van der Waals surface area contributed by atoms with E-state index in [0.717, 1.165) is 35.0 Å². The molecule has 34 heavy (non-hydrogen) atoms. The van der Waals surface area contributed by atoms with E-state index in [-0.39, 0.29) is 5.91 Å². The normalized spacial score (nSPS) is 17.8. The molecule has 3 aromatic rings. The molecule has 0 radical (unpaired) electrons. The molecule has 2 atom stereocenters. The van der Waals surface area contributed by atoms with E-state index in [9.17, 15) is 14.7 Å². The average Bonchev–Trinajstić information content (AvgIpc) is 3.25. The summed E-state index contributed by atoms with van der Waals surface area (Å²) in [5.41, 5.74) is 4.90. The summed E-state index contributed by atoms with van der Waals surface area (Å²) in [6.45, 7) is 5.22. The lowest BCUT2D eigenvalue weighted by Gasteiger charge is -2.17. The molecule has 0 bridgehead atoms. The Morgan fingerprint density at radius 2 is 1.91 bits per heavy atom. The molecule has 0 aliphatic carbocycles. The van der Waals surface area contributed by atoms with Crippen molar-refractivity contribution in [1.29, 1.82) is 0 Å². The SMILES string of the molecule is CC#CCN1C[C@H](C(=O)O)[C@H](NC(=O)c2ccc(Cc3cc(CC)nc4ccccc34)cc2)C1. The second kappa shape index (κ2) is 10.5. The van der Waals surface area contributed by atoms with Gasteiger partial charge >= 0.3 is 5.97 Å². The molecule has 174 valence electrons. The van der Waals surface area contributed by atoms with E-state index in [1.165, 1.54) is 5.56 Å². The summed E-state index contributed by atoms with van der Waals surface area (Å²) in [5, 5.41) is 13.6. The molecule has 1 amide bonds. The Labute approximate surface area is 200 Å². The molecular weight excluding hydrogens is 426 g/mol. The standard InChI is InChI=1S/C28H29N3O3/c1-3-5-14-31-17-24(28(33)34)26(18-31)30-27(32)20-12-10-19(11-13-20)15-21-16-22(4-2)29-25-9-7-6-8-23(21)25/h6-13,16,24,26H,4,14-15,17-18H2,1-2H3,(H,30,32)(H,33,34)/t24-,26+/m0/s1. The number of carboxylic acid groups (broad SMARTS) is 1. The zero-order chi connectivity index (χ0) is 24.1. The third kappa shape index (κ3) is 5.27. The van der Waals surface area contributed by atoms with Crippen molar-refractivity contribution in [2.45, 2.75) is 32.7 Å². The van der Waals surface area contributed by atoms with Crippen molar-refractivity contribution in [2.24, 2.45) is 5.92 Å². The zero-order valence-corrected chi connectivity index (χ0v) is 19.5. The minimum Gasteiger partial charge on any atom is -0.481 e. The van der Waals surface area contributed by atoms with Gasteiger partial charge in [0.2, 0.25) is 0 Å². The molecule has 6 nitrogen and oxygen atoms in total. The van der Waals surface area contributed by atoms with Crippen LogP contribution < -0.4 is 5.32 Å². The number of hydrogen-bond donors (Lipinski definition) is 2. The van der Waals surface area contributed by atoms with Crippen molar-refractivity contribution in [3.05, 3.63) is 77.0 Å². The number of carbonyl (C=O) groups excluding carboxylic acids is 1. The Balaban J connectivity index is 1.46. The predicted octanol–water partition coefficient (Wildman–Crippen LogP) is 3.53. The maximum atomic E-state index is 12.9. The first kappa shape index (κ1) is 23.5. The highest BCUT2D eigenvalue weighted by atomic mass is 16.4. The smallest absolute Gasteiger partial charge is 0.309 e. The number of para-hydroxylation sites is 1. The van der Waals surface area contributed by atoms with E-state index in [1.807, 2.05) is 35.2 Å². The lowest BCUT2D eigenvalue weighted by atomic mass is 9.98. The van der Waals surface area contributed by atoms with Gasteiger partial charge in [-0.05, 0) is 55.2 Å². The highest BCUT2D eigenvalue weighted by molar-refractivity contribution is 5.95. The number of carboxylic acids is 1. The average molecular weight is 456 g/mol. The van der Waals surface area contributed by atoms with Crippen molar-refractivity contribution in [2.75, 3.05) is 19.6 Å². The Bertz CT molecular complexity index is 1260. The first-order chi connectivity index (χ1) is 16.5. The fourth-order valence-corrected chi connectivity index (χ4v) is 4.48. The molecule has 0 saturated carbocycles. The molecule has 4 rings (SSSR count). The van der Waals surface area contributed by atoms with Crippen LogP contribution in [0.15, 0.2) is 54.6 Å². The van der Waals surface area contributed by atoms with Gasteiger partial charge in [-0.1, -0.05) is 43.2 Å². The summed E-state index contributed by atoms with van der Waals surface area (Å²) in [6.07, 6.45) is 1.62. The summed E-state index contributed by atoms with van der Waals surface area (Å²) in [5.74, 6) is 4.00. The number of carbonyl (C=O) groups is 2. The largest absolute Gasteiger partial charge is 0.481 e. The van der Waals surface area contributed by atoms with Gasteiger partial charge in [-0.2, -0.15) is 0 Å². The first-order valence-corrected chi connectivity index (χ1v) is 11.6. The first-order valence-electron chi connectivity index (χ1n) is 11.6. The van der Waals surface area contributed by atoms with Crippen LogP contribution in [0.1, 0.15) is 41.0 Å². The number of likely N-dealkylation sites (tertiary alicyclic amines) is 1. The Morgan fingerprint density at radius 1 is 1.15 bits per heavy atom. The van der Waals surface area contributed by atoms with E-state index < -0.39 is 17.9 Å². The van der Waals surface area contributed by atoms with Gasteiger partial charge in [-0.25, -0.2) is 0 Å². The number of benzene rings is 2. The van der Waals surface area contributed by atoms with Crippen LogP contribution in [0.4, 0.5) is 0 Å². The van der Waals surface area contributed by atoms with Gasteiger partial charge in [0.1, 0.15) is 0 Å². The number of nitrogens with one attached hydrogen (secondary N) is 1. The Kier molecular flexibility index (Phi) is 7.24. The number of amides is 1. The van der Waals surface area contributed by atoms with Gasteiger partial charge in [0, 0.05) is 29.7 Å². The minimum absolute atomic E-state index is 0.256. The second-order valence-electron chi connectivity index (χ2n) is 8.66. The van der Waals surface area contributed by atoms with Gasteiger partial charge in [0.05, 0.1) is 24.0 Å². The van der Waals surface area contributed by atoms with Crippen molar-refractivity contribution in [3.63, 3.8) is 0 Å². The summed E-state index contributed by atoms with van der Waals surface area (Å²) >= 11 is 0. The number of nitrogens with zero attached hydrogens (tertiary/aromatic N) is 2. The number of aliphatic carboxylic acids is 1. The third-order valence-corrected chi connectivity index (χ3v) is 6.34. The van der Waals surface area contributed by atoms with Crippen molar-refractivity contribution < 1.29 is 14.7 Å². The van der Waals surface area contributed by atoms with Crippen LogP contribution in [0.2, 0.25) is 0 Å². The minimum atomic E-state index is -0.899. The number of aromatic nitrogens is 1. The van der Waals surface area contributed by atoms with Crippen LogP contribution in [-0.2, 0) is 17.6 Å². The molecule has 1 aliphatic rings. The molecule has 1 aromatic heterocycles. The highest BCUT2D eigenvalue weighted by Crippen LogP contribution is 2.22. The van der Waals surface area contributed by atoms with Crippen molar-refractivity contribution in [3.8, 4) is 11.8 Å². The van der Waals surface area contributed by atoms with Gasteiger partial charge in [-0.3, -0.25) is 19.5 Å². The number of hydrogen-bond acceptors (Lipinski definition) is 4. The molecular formula is C28H29N3O3. The highest BCUT2D eigenvalue weighted by Gasteiger charge is 2.38. The van der Waals surface area contributed by atoms with Gasteiger partial charge in [0.25, 0.3) is 5.91 Å². The fraction of sp³-hybridized carbons (Fsp3) is 0.321. The zero-order valence-electron chi connectivity index (χ0n) is 19.5. The maximum Gasteiger partial charge on any atom is 0.309 e. The van der Waals surface area contributed by atoms with Crippen LogP contribution in [0, 0.1) is 17.8 Å². The molecule has 1 aliphatic heterocycles. The second-order valence-corrected chi connectivity index (χ2v) is 8.66. The van der Waals surface area contributed by atoms with E-state index in [1.54, 1.807) is 19.1 Å².